The van der Waals surface area contributed by atoms with Crippen LogP contribution in [-0.2, 0) is 27.3 Å². The molecule has 3 saturated heterocycles. The summed E-state index contributed by atoms with van der Waals surface area (Å²) in [4.78, 5) is 45.6. The first kappa shape index (κ1) is 24.2. The van der Waals surface area contributed by atoms with Gasteiger partial charge in [0.25, 0.3) is 0 Å². The van der Waals surface area contributed by atoms with E-state index < -0.39 is 6.09 Å². The molecule has 37 heavy (non-hydrogen) atoms. The molecule has 1 saturated carbocycles. The molecule has 3 heterocycles. The van der Waals surface area contributed by atoms with Crippen LogP contribution in [0.4, 0.5) is 4.79 Å². The second-order valence-corrected chi connectivity index (χ2v) is 12.1. The van der Waals surface area contributed by atoms with Crippen molar-refractivity contribution >= 4 is 17.9 Å². The minimum absolute atomic E-state index is 0.0774. The van der Waals surface area contributed by atoms with Gasteiger partial charge in [-0.15, -0.1) is 0 Å². The van der Waals surface area contributed by atoms with Gasteiger partial charge in [-0.1, -0.05) is 74.5 Å². The fourth-order valence-electron chi connectivity index (χ4n) is 6.61. The van der Waals surface area contributed by atoms with Gasteiger partial charge >= 0.3 is 6.09 Å². The van der Waals surface area contributed by atoms with E-state index in [0.717, 1.165) is 25.1 Å². The Hall–Kier alpha value is -3.19. The second-order valence-electron chi connectivity index (χ2n) is 12.1. The maximum atomic E-state index is 14.1. The molecule has 7 nitrogen and oxygen atoms in total. The fraction of sp³-hybridized carbons (Fsp3) is 0.500. The van der Waals surface area contributed by atoms with Gasteiger partial charge < -0.3 is 9.64 Å². The molecular formula is C30H35N3O4. The summed E-state index contributed by atoms with van der Waals surface area (Å²) in [6, 6.07) is 19.9. The lowest BCUT2D eigenvalue weighted by atomic mass is 9.70. The zero-order chi connectivity index (χ0) is 25.8. The Bertz CT molecular complexity index is 1190. The summed E-state index contributed by atoms with van der Waals surface area (Å²) in [6.07, 6.45) is 0.959. The van der Waals surface area contributed by atoms with Crippen LogP contribution < -0.4 is 0 Å². The summed E-state index contributed by atoms with van der Waals surface area (Å²) < 4.78 is 5.38. The lowest BCUT2D eigenvalue weighted by molar-refractivity contribution is -0.154. The molecule has 194 valence electrons. The van der Waals surface area contributed by atoms with Crippen molar-refractivity contribution in [1.82, 2.24) is 14.7 Å². The Morgan fingerprint density at radius 3 is 2.14 bits per heavy atom. The normalized spacial score (nSPS) is 27.7. The molecule has 7 heteroatoms. The first-order chi connectivity index (χ1) is 17.8. The van der Waals surface area contributed by atoms with Gasteiger partial charge in [0.2, 0.25) is 11.8 Å². The van der Waals surface area contributed by atoms with Crippen LogP contribution in [0.15, 0.2) is 60.7 Å². The monoisotopic (exact) mass is 501 g/mol. The maximum Gasteiger partial charge on any atom is 0.416 e. The summed E-state index contributed by atoms with van der Waals surface area (Å²) >= 11 is 0. The second kappa shape index (κ2) is 8.98. The molecule has 6 rings (SSSR count). The maximum absolute atomic E-state index is 14.1. The number of hydrogen-bond acceptors (Lipinski definition) is 5. The Kier molecular flexibility index (Phi) is 5.86. The van der Waals surface area contributed by atoms with Crippen molar-refractivity contribution in [3.63, 3.8) is 0 Å². The van der Waals surface area contributed by atoms with Gasteiger partial charge in [-0.05, 0) is 29.4 Å². The van der Waals surface area contributed by atoms with Gasteiger partial charge in [-0.25, -0.2) is 9.69 Å². The molecule has 4 aliphatic rings. The van der Waals surface area contributed by atoms with E-state index in [1.165, 1.54) is 10.5 Å². The first-order valence-corrected chi connectivity index (χ1v) is 13.3. The average Bonchev–Trinajstić information content (AvgIpc) is 3.16. The third kappa shape index (κ3) is 4.43. The first-order valence-electron chi connectivity index (χ1n) is 13.3. The molecule has 0 unspecified atom stereocenters. The number of rotatable bonds is 6. The molecular weight excluding hydrogens is 466 g/mol. The average molecular weight is 502 g/mol. The number of hydrogen-bond donors (Lipinski definition) is 0. The molecule has 0 bridgehead atoms. The molecule has 1 aliphatic carbocycles. The molecule has 3 atom stereocenters. The largest absolute Gasteiger partial charge is 0.447 e. The molecule has 2 aromatic rings. The van der Waals surface area contributed by atoms with E-state index in [1.54, 1.807) is 0 Å². The van der Waals surface area contributed by atoms with Gasteiger partial charge in [-0.2, -0.15) is 0 Å². The number of carbonyl (C=O) groups excluding carboxylic acids is 3. The van der Waals surface area contributed by atoms with E-state index >= 15 is 0 Å². The number of imide groups is 1. The summed E-state index contributed by atoms with van der Waals surface area (Å²) in [6.45, 7) is 7.71. The van der Waals surface area contributed by atoms with E-state index in [0.29, 0.717) is 26.1 Å². The van der Waals surface area contributed by atoms with Gasteiger partial charge in [0.1, 0.15) is 6.61 Å². The molecule has 3 aliphatic heterocycles. The predicted octanol–water partition coefficient (Wildman–Crippen LogP) is 3.58. The summed E-state index contributed by atoms with van der Waals surface area (Å²) in [7, 11) is 0. The number of amides is 3. The predicted molar refractivity (Wildman–Crippen MR) is 138 cm³/mol. The van der Waals surface area contributed by atoms with Crippen LogP contribution >= 0.6 is 0 Å². The Morgan fingerprint density at radius 2 is 1.51 bits per heavy atom. The number of ether oxygens (including phenoxy) is 1. The van der Waals surface area contributed by atoms with Crippen LogP contribution in [0.5, 0.6) is 0 Å². The Morgan fingerprint density at radius 1 is 0.892 bits per heavy atom. The highest BCUT2D eigenvalue weighted by molar-refractivity contribution is 5.96. The Labute approximate surface area is 218 Å². The van der Waals surface area contributed by atoms with Crippen LogP contribution in [0, 0.1) is 22.7 Å². The minimum Gasteiger partial charge on any atom is -0.447 e. The zero-order valence-electron chi connectivity index (χ0n) is 21.6. The third-order valence-electron chi connectivity index (χ3n) is 8.91. The highest BCUT2D eigenvalue weighted by Crippen LogP contribution is 2.55. The highest BCUT2D eigenvalue weighted by atomic mass is 16.6. The number of nitrogens with zero attached hydrogens (tertiary/aromatic N) is 3. The van der Waals surface area contributed by atoms with E-state index in [-0.39, 0.29) is 47.1 Å². The minimum atomic E-state index is -0.547. The van der Waals surface area contributed by atoms with Crippen molar-refractivity contribution in [1.29, 1.82) is 0 Å². The number of cyclic esters (lactones) is 1. The van der Waals surface area contributed by atoms with Crippen molar-refractivity contribution in [2.45, 2.75) is 39.3 Å². The van der Waals surface area contributed by atoms with Gasteiger partial charge in [0.05, 0.1) is 12.0 Å². The molecule has 2 aromatic carbocycles. The van der Waals surface area contributed by atoms with Crippen LogP contribution in [0.25, 0.3) is 0 Å². The quantitative estimate of drug-likeness (QED) is 0.605. The molecule has 0 radical (unpaired) electrons. The van der Waals surface area contributed by atoms with Crippen LogP contribution in [-0.4, -0.2) is 71.4 Å². The number of likely N-dealkylation sites (tertiary alicyclic amines) is 2. The van der Waals surface area contributed by atoms with Gasteiger partial charge in [0.15, 0.2) is 0 Å². The van der Waals surface area contributed by atoms with E-state index in [2.05, 4.69) is 30.9 Å². The van der Waals surface area contributed by atoms with Crippen molar-refractivity contribution in [2.75, 3.05) is 32.8 Å². The smallest absolute Gasteiger partial charge is 0.416 e. The lowest BCUT2D eigenvalue weighted by Crippen LogP contribution is -2.65. The van der Waals surface area contributed by atoms with E-state index in [4.69, 9.17) is 4.74 Å². The molecule has 4 fully saturated rings. The van der Waals surface area contributed by atoms with Crippen molar-refractivity contribution in [3.8, 4) is 0 Å². The molecule has 1 spiro atoms. The van der Waals surface area contributed by atoms with Crippen LogP contribution in [0.3, 0.4) is 0 Å². The van der Waals surface area contributed by atoms with Gasteiger partial charge in [-0.3, -0.25) is 14.5 Å². The number of carbonyl (C=O) groups is 3. The third-order valence-corrected chi connectivity index (χ3v) is 8.91. The van der Waals surface area contributed by atoms with Crippen LogP contribution in [0.1, 0.15) is 31.4 Å². The molecule has 0 N–H and O–H groups in total. The molecule has 3 amide bonds. The fourth-order valence-corrected chi connectivity index (χ4v) is 6.61. The van der Waals surface area contributed by atoms with E-state index in [1.807, 2.05) is 53.4 Å². The SMILES string of the molecule is CC1(C)C[C@@H]1C(=O)N1CC2(CN(Cc3ccccc3)C[C@H]2C(=O)N2C(=O)OC[C@@H]2Cc2ccccc2)C1. The zero-order valence-corrected chi connectivity index (χ0v) is 21.6. The molecule has 0 aromatic heterocycles. The van der Waals surface area contributed by atoms with Crippen molar-refractivity contribution < 1.29 is 19.1 Å². The summed E-state index contributed by atoms with van der Waals surface area (Å²) in [5.74, 6) is -0.204. The van der Waals surface area contributed by atoms with Gasteiger partial charge in [0, 0.05) is 44.1 Å². The summed E-state index contributed by atoms with van der Waals surface area (Å²) in [5.41, 5.74) is 2.01. The standard InChI is InChI=1S/C30H35N3O4/c1-29(2)14-24(29)26(34)32-19-30(20-32)18-31(15-22-11-7-4-8-12-22)16-25(30)27(35)33-23(17-37-28(33)36)13-21-9-5-3-6-10-21/h3-12,23-25H,13-20H2,1-2H3/t23-,24+,25-/m0/s1. The highest BCUT2D eigenvalue weighted by Gasteiger charge is 2.62. The van der Waals surface area contributed by atoms with E-state index in [9.17, 15) is 14.4 Å². The lowest BCUT2D eigenvalue weighted by Gasteiger charge is -2.51. The van der Waals surface area contributed by atoms with Crippen LogP contribution in [0.2, 0.25) is 0 Å². The van der Waals surface area contributed by atoms with Crippen molar-refractivity contribution in [2.24, 2.45) is 22.7 Å². The topological polar surface area (TPSA) is 70.2 Å². The Balaban J connectivity index is 1.22. The van der Waals surface area contributed by atoms with Crippen molar-refractivity contribution in [3.05, 3.63) is 71.8 Å². The summed E-state index contributed by atoms with van der Waals surface area (Å²) in [5, 5.41) is 0. The number of benzene rings is 2.